The summed E-state index contributed by atoms with van der Waals surface area (Å²) in [7, 11) is 0. The molecule has 3 amide bonds. The van der Waals surface area contributed by atoms with Crippen LogP contribution in [0.4, 0.5) is 4.79 Å². The van der Waals surface area contributed by atoms with E-state index >= 15 is 0 Å². The van der Waals surface area contributed by atoms with Gasteiger partial charge in [-0.1, -0.05) is 36.4 Å². The van der Waals surface area contributed by atoms with Crippen LogP contribution in [0, 0.1) is 0 Å². The molecule has 1 saturated heterocycles. The normalized spacial score (nSPS) is 22.8. The monoisotopic (exact) mass is 391 g/mol. The number of hydrogen-bond donors (Lipinski definition) is 2. The minimum Gasteiger partial charge on any atom is -0.367 e. The molecular formula is C23H25N3O3. The molecule has 1 aliphatic carbocycles. The van der Waals surface area contributed by atoms with Gasteiger partial charge in [-0.05, 0) is 47.6 Å². The number of rotatable bonds is 2. The van der Waals surface area contributed by atoms with Crippen molar-refractivity contribution in [3.63, 3.8) is 0 Å². The first-order valence-electron chi connectivity index (χ1n) is 10.3. The second-order valence-electron chi connectivity index (χ2n) is 8.08. The molecule has 1 atom stereocenters. The zero-order chi connectivity index (χ0) is 19.8. The van der Waals surface area contributed by atoms with Crippen LogP contribution in [0.15, 0.2) is 42.5 Å². The van der Waals surface area contributed by atoms with Crippen LogP contribution in [-0.4, -0.2) is 43.1 Å². The van der Waals surface area contributed by atoms with Crippen molar-refractivity contribution in [3.05, 3.63) is 70.3 Å². The first-order chi connectivity index (χ1) is 14.1. The van der Waals surface area contributed by atoms with E-state index in [1.165, 1.54) is 11.1 Å². The highest BCUT2D eigenvalue weighted by atomic mass is 16.5. The number of ether oxygens (including phenoxy) is 1. The fourth-order valence-electron chi connectivity index (χ4n) is 4.78. The SMILES string of the molecule is O=C1NCCc2ccc(CNC(=O)N3CCOC4(CCc5ccccc54)C3)cc21. The van der Waals surface area contributed by atoms with Crippen LogP contribution in [0.25, 0.3) is 0 Å². The van der Waals surface area contributed by atoms with Crippen molar-refractivity contribution in [1.29, 1.82) is 0 Å². The minimum atomic E-state index is -0.379. The number of benzene rings is 2. The molecule has 1 spiro atoms. The van der Waals surface area contributed by atoms with Gasteiger partial charge >= 0.3 is 6.03 Å². The van der Waals surface area contributed by atoms with Crippen molar-refractivity contribution in [1.82, 2.24) is 15.5 Å². The van der Waals surface area contributed by atoms with Gasteiger partial charge in [0.1, 0.15) is 5.60 Å². The number of hydrogen-bond acceptors (Lipinski definition) is 3. The Kier molecular flexibility index (Phi) is 4.51. The highest BCUT2D eigenvalue weighted by Crippen LogP contribution is 2.42. The number of nitrogens with one attached hydrogen (secondary N) is 2. The van der Waals surface area contributed by atoms with E-state index in [1.54, 1.807) is 0 Å². The van der Waals surface area contributed by atoms with E-state index in [2.05, 4.69) is 28.8 Å². The molecule has 1 fully saturated rings. The number of urea groups is 1. The summed E-state index contributed by atoms with van der Waals surface area (Å²) in [5, 5.41) is 5.89. The molecule has 0 radical (unpaired) electrons. The first kappa shape index (κ1) is 18.2. The van der Waals surface area contributed by atoms with Crippen molar-refractivity contribution in [2.45, 2.75) is 31.4 Å². The van der Waals surface area contributed by atoms with Gasteiger partial charge in [0.15, 0.2) is 0 Å². The quantitative estimate of drug-likeness (QED) is 0.826. The van der Waals surface area contributed by atoms with E-state index in [-0.39, 0.29) is 17.5 Å². The number of amides is 3. The molecule has 2 aromatic rings. The van der Waals surface area contributed by atoms with Crippen molar-refractivity contribution < 1.29 is 14.3 Å². The summed E-state index contributed by atoms with van der Waals surface area (Å²) >= 11 is 0. The van der Waals surface area contributed by atoms with Gasteiger partial charge < -0.3 is 20.3 Å². The Bertz CT molecular complexity index is 970. The van der Waals surface area contributed by atoms with Crippen molar-refractivity contribution >= 4 is 11.9 Å². The van der Waals surface area contributed by atoms with Gasteiger partial charge in [-0.25, -0.2) is 4.79 Å². The maximum absolute atomic E-state index is 12.9. The Balaban J connectivity index is 1.26. The van der Waals surface area contributed by atoms with Crippen LogP contribution in [0.5, 0.6) is 0 Å². The van der Waals surface area contributed by atoms with Crippen LogP contribution in [0.1, 0.15) is 39.0 Å². The third-order valence-electron chi connectivity index (χ3n) is 6.32. The third-order valence-corrected chi connectivity index (χ3v) is 6.32. The van der Waals surface area contributed by atoms with Gasteiger partial charge in [0.2, 0.25) is 0 Å². The Morgan fingerprint density at radius 1 is 1.17 bits per heavy atom. The summed E-state index contributed by atoms with van der Waals surface area (Å²) in [4.78, 5) is 26.8. The molecule has 2 aliphatic heterocycles. The third kappa shape index (κ3) is 3.27. The van der Waals surface area contributed by atoms with E-state index < -0.39 is 0 Å². The molecular weight excluding hydrogens is 366 g/mol. The Hall–Kier alpha value is -2.86. The molecule has 6 nitrogen and oxygen atoms in total. The number of morpholine rings is 1. The summed E-state index contributed by atoms with van der Waals surface area (Å²) in [6.07, 6.45) is 2.75. The fourth-order valence-corrected chi connectivity index (χ4v) is 4.78. The summed E-state index contributed by atoms with van der Waals surface area (Å²) in [5.74, 6) is -0.0329. The number of carbonyl (C=O) groups excluding carboxylic acids is 2. The van der Waals surface area contributed by atoms with E-state index in [0.717, 1.165) is 36.0 Å². The lowest BCUT2D eigenvalue weighted by molar-refractivity contribution is -0.101. The van der Waals surface area contributed by atoms with Crippen LogP contribution >= 0.6 is 0 Å². The molecule has 2 heterocycles. The predicted molar refractivity (Wildman–Crippen MR) is 109 cm³/mol. The zero-order valence-corrected chi connectivity index (χ0v) is 16.4. The summed E-state index contributed by atoms with van der Waals surface area (Å²) in [5.41, 5.74) is 4.88. The lowest BCUT2D eigenvalue weighted by atomic mass is 9.94. The Morgan fingerprint density at radius 3 is 3.00 bits per heavy atom. The number of carbonyl (C=O) groups is 2. The van der Waals surface area contributed by atoms with Crippen molar-refractivity contribution in [2.75, 3.05) is 26.2 Å². The fraction of sp³-hybridized carbons (Fsp3) is 0.391. The average molecular weight is 391 g/mol. The standard InChI is InChI=1S/C23H25N3O3/c27-21-19-13-16(5-6-17(19)8-10-24-21)14-25-22(28)26-11-12-29-23(15-26)9-7-18-3-1-2-4-20(18)23/h1-6,13H,7-12,14-15H2,(H,24,27)(H,25,28). The second kappa shape index (κ2) is 7.19. The van der Waals surface area contributed by atoms with E-state index in [9.17, 15) is 9.59 Å². The van der Waals surface area contributed by atoms with E-state index in [0.29, 0.717) is 32.8 Å². The molecule has 1 unspecified atom stereocenters. The second-order valence-corrected chi connectivity index (χ2v) is 8.08. The smallest absolute Gasteiger partial charge is 0.317 e. The van der Waals surface area contributed by atoms with Crippen molar-refractivity contribution in [2.24, 2.45) is 0 Å². The van der Waals surface area contributed by atoms with E-state index in [4.69, 9.17) is 4.74 Å². The first-order valence-corrected chi connectivity index (χ1v) is 10.3. The van der Waals surface area contributed by atoms with Crippen LogP contribution < -0.4 is 10.6 Å². The molecule has 0 bridgehead atoms. The maximum atomic E-state index is 12.9. The van der Waals surface area contributed by atoms with Gasteiger partial charge in [-0.3, -0.25) is 4.79 Å². The predicted octanol–water partition coefficient (Wildman–Crippen LogP) is 2.36. The lowest BCUT2D eigenvalue weighted by Crippen LogP contribution is -2.53. The number of aryl methyl sites for hydroxylation is 1. The molecule has 2 aromatic carbocycles. The summed E-state index contributed by atoms with van der Waals surface area (Å²) < 4.78 is 6.20. The molecule has 29 heavy (non-hydrogen) atoms. The molecule has 0 aromatic heterocycles. The van der Waals surface area contributed by atoms with E-state index in [1.807, 2.05) is 29.2 Å². The van der Waals surface area contributed by atoms with Gasteiger partial charge in [0.25, 0.3) is 5.91 Å². The largest absolute Gasteiger partial charge is 0.367 e. The molecule has 3 aliphatic rings. The number of fused-ring (bicyclic) bond motifs is 3. The van der Waals surface area contributed by atoms with Gasteiger partial charge in [0.05, 0.1) is 13.2 Å². The van der Waals surface area contributed by atoms with Gasteiger partial charge in [0, 0.05) is 25.2 Å². The molecule has 150 valence electrons. The Morgan fingerprint density at radius 2 is 2.07 bits per heavy atom. The highest BCUT2D eigenvalue weighted by Gasteiger charge is 2.44. The molecule has 0 saturated carbocycles. The van der Waals surface area contributed by atoms with Crippen LogP contribution in [0.2, 0.25) is 0 Å². The topological polar surface area (TPSA) is 70.7 Å². The summed E-state index contributed by atoms with van der Waals surface area (Å²) in [6.45, 7) is 2.79. The van der Waals surface area contributed by atoms with Gasteiger partial charge in [-0.15, -0.1) is 0 Å². The maximum Gasteiger partial charge on any atom is 0.317 e. The van der Waals surface area contributed by atoms with Crippen LogP contribution in [-0.2, 0) is 29.7 Å². The highest BCUT2D eigenvalue weighted by molar-refractivity contribution is 5.96. The molecule has 5 rings (SSSR count). The Labute approximate surface area is 170 Å². The number of nitrogens with zero attached hydrogens (tertiary/aromatic N) is 1. The van der Waals surface area contributed by atoms with Crippen molar-refractivity contribution in [3.8, 4) is 0 Å². The summed E-state index contributed by atoms with van der Waals surface area (Å²) in [6, 6.07) is 14.2. The van der Waals surface area contributed by atoms with Crippen LogP contribution in [0.3, 0.4) is 0 Å². The average Bonchev–Trinajstić information content (AvgIpc) is 3.10. The molecule has 6 heteroatoms. The lowest BCUT2D eigenvalue weighted by Gasteiger charge is -2.41. The molecule has 2 N–H and O–H groups in total. The van der Waals surface area contributed by atoms with Gasteiger partial charge in [-0.2, -0.15) is 0 Å². The minimum absolute atomic E-state index is 0.0329. The zero-order valence-electron chi connectivity index (χ0n) is 16.4.